The van der Waals surface area contributed by atoms with E-state index in [1.165, 1.54) is 18.2 Å². The maximum absolute atomic E-state index is 12.7. The van der Waals surface area contributed by atoms with Gasteiger partial charge in [-0.2, -0.15) is 0 Å². The molecule has 0 saturated heterocycles. The number of hydrogen-bond donors (Lipinski definition) is 3. The number of hydrogen-bond acceptors (Lipinski definition) is 6. The Balaban J connectivity index is 1.93. The first-order valence-electron chi connectivity index (χ1n) is 8.46. The summed E-state index contributed by atoms with van der Waals surface area (Å²) < 4.78 is 12.0. The molecule has 2 aliphatic rings. The number of ether oxygens (including phenoxy) is 2. The molecule has 3 aromatic carbocycles. The highest BCUT2D eigenvalue weighted by Crippen LogP contribution is 2.57. The number of benzene rings is 3. The van der Waals surface area contributed by atoms with Crippen molar-refractivity contribution >= 4 is 5.97 Å². The summed E-state index contributed by atoms with van der Waals surface area (Å²) in [6, 6.07) is 15.0. The van der Waals surface area contributed by atoms with Gasteiger partial charge in [-0.15, -0.1) is 0 Å². The SMILES string of the molecule is NCc1c(O)ccc2c1Oc1cc(O)ccc1[C@@]21OC(=O)c2ccccc21. The fourth-order valence-corrected chi connectivity index (χ4v) is 3.97. The van der Waals surface area contributed by atoms with Gasteiger partial charge in [0.1, 0.15) is 23.0 Å². The fraction of sp³-hybridized carbons (Fsp3) is 0.0952. The van der Waals surface area contributed by atoms with Crippen molar-refractivity contribution in [2.24, 2.45) is 5.73 Å². The van der Waals surface area contributed by atoms with Crippen LogP contribution in [0.3, 0.4) is 0 Å². The van der Waals surface area contributed by atoms with Crippen LogP contribution in [0.25, 0.3) is 0 Å². The quantitative estimate of drug-likeness (QED) is 0.576. The Hall–Kier alpha value is -3.51. The third kappa shape index (κ3) is 1.90. The van der Waals surface area contributed by atoms with Crippen LogP contribution in [0, 0.1) is 0 Å². The van der Waals surface area contributed by atoms with Gasteiger partial charge in [0.2, 0.25) is 0 Å². The molecule has 0 aliphatic carbocycles. The molecule has 6 nitrogen and oxygen atoms in total. The van der Waals surface area contributed by atoms with Crippen molar-refractivity contribution in [2.75, 3.05) is 0 Å². The molecule has 4 N–H and O–H groups in total. The molecule has 134 valence electrons. The monoisotopic (exact) mass is 361 g/mol. The van der Waals surface area contributed by atoms with Crippen molar-refractivity contribution in [3.8, 4) is 23.0 Å². The van der Waals surface area contributed by atoms with Gasteiger partial charge in [0.15, 0.2) is 5.60 Å². The first kappa shape index (κ1) is 15.7. The predicted octanol–water partition coefficient (Wildman–Crippen LogP) is 3.12. The van der Waals surface area contributed by atoms with E-state index in [0.717, 1.165) is 0 Å². The largest absolute Gasteiger partial charge is 0.508 e. The van der Waals surface area contributed by atoms with Crippen molar-refractivity contribution in [3.05, 3.63) is 82.4 Å². The molecular formula is C21H15NO5. The standard InChI is InChI=1S/C21H15NO5/c22-10-13-17(24)8-7-16-19(13)26-18-9-11(23)5-6-15(18)21(16)14-4-2-1-3-12(14)20(25)27-21/h1-9,23-24H,10,22H2/t21-/m1/s1. The number of phenolic OH excluding ortho intramolecular Hbond substituents is 2. The van der Waals surface area contributed by atoms with E-state index in [0.29, 0.717) is 39.3 Å². The van der Waals surface area contributed by atoms with Crippen LogP contribution >= 0.6 is 0 Å². The molecule has 2 aliphatic heterocycles. The number of aromatic hydroxyl groups is 2. The molecular weight excluding hydrogens is 346 g/mol. The molecule has 27 heavy (non-hydrogen) atoms. The fourth-order valence-electron chi connectivity index (χ4n) is 3.97. The van der Waals surface area contributed by atoms with Gasteiger partial charge >= 0.3 is 5.97 Å². The number of carbonyl (C=O) groups is 1. The zero-order chi connectivity index (χ0) is 18.8. The normalized spacial score (nSPS) is 19.1. The minimum absolute atomic E-state index is 0.00684. The smallest absolute Gasteiger partial charge is 0.340 e. The van der Waals surface area contributed by atoms with E-state index >= 15 is 0 Å². The molecule has 0 amide bonds. The van der Waals surface area contributed by atoms with Gasteiger partial charge in [0.25, 0.3) is 0 Å². The van der Waals surface area contributed by atoms with Gasteiger partial charge in [-0.25, -0.2) is 4.79 Å². The van der Waals surface area contributed by atoms with Crippen LogP contribution < -0.4 is 10.5 Å². The molecule has 0 saturated carbocycles. The van der Waals surface area contributed by atoms with Crippen LogP contribution in [0.15, 0.2) is 54.6 Å². The van der Waals surface area contributed by atoms with E-state index in [1.807, 2.05) is 12.1 Å². The second kappa shape index (κ2) is 5.25. The van der Waals surface area contributed by atoms with Crippen LogP contribution in [0.5, 0.6) is 23.0 Å². The van der Waals surface area contributed by atoms with E-state index in [1.54, 1.807) is 24.3 Å². The number of nitrogens with two attached hydrogens (primary N) is 1. The molecule has 0 fully saturated rings. The van der Waals surface area contributed by atoms with Crippen LogP contribution in [0.2, 0.25) is 0 Å². The van der Waals surface area contributed by atoms with Crippen molar-refractivity contribution in [1.29, 1.82) is 0 Å². The van der Waals surface area contributed by atoms with E-state index in [4.69, 9.17) is 15.2 Å². The zero-order valence-electron chi connectivity index (χ0n) is 14.1. The number of fused-ring (bicyclic) bond motifs is 6. The number of esters is 1. The van der Waals surface area contributed by atoms with Gasteiger partial charge in [-0.3, -0.25) is 0 Å². The molecule has 0 unspecified atom stereocenters. The third-order valence-corrected chi connectivity index (χ3v) is 5.15. The zero-order valence-corrected chi connectivity index (χ0v) is 14.1. The van der Waals surface area contributed by atoms with Gasteiger partial charge < -0.3 is 25.4 Å². The summed E-state index contributed by atoms with van der Waals surface area (Å²) in [5.74, 6) is 0.235. The summed E-state index contributed by atoms with van der Waals surface area (Å²) in [6.07, 6.45) is 0. The number of carbonyl (C=O) groups excluding carboxylic acids is 1. The Morgan fingerprint density at radius 3 is 2.56 bits per heavy atom. The highest BCUT2D eigenvalue weighted by atomic mass is 16.6. The summed E-state index contributed by atoms with van der Waals surface area (Å²) in [5.41, 5.74) is 7.33. The highest BCUT2D eigenvalue weighted by Gasteiger charge is 2.54. The lowest BCUT2D eigenvalue weighted by Crippen LogP contribution is -2.33. The van der Waals surface area contributed by atoms with Crippen LogP contribution in [-0.2, 0) is 16.9 Å². The summed E-state index contributed by atoms with van der Waals surface area (Å²) >= 11 is 0. The first-order chi connectivity index (χ1) is 13.1. The van der Waals surface area contributed by atoms with E-state index < -0.39 is 11.6 Å². The van der Waals surface area contributed by atoms with Gasteiger partial charge in [0, 0.05) is 29.3 Å². The summed E-state index contributed by atoms with van der Waals surface area (Å²) in [6.45, 7) is 0.0365. The van der Waals surface area contributed by atoms with Crippen LogP contribution in [-0.4, -0.2) is 16.2 Å². The Morgan fingerprint density at radius 1 is 0.963 bits per heavy atom. The molecule has 0 aromatic heterocycles. The Morgan fingerprint density at radius 2 is 1.74 bits per heavy atom. The second-order valence-electron chi connectivity index (χ2n) is 6.54. The van der Waals surface area contributed by atoms with Crippen molar-refractivity contribution in [3.63, 3.8) is 0 Å². The highest BCUT2D eigenvalue weighted by molar-refractivity contribution is 5.97. The number of rotatable bonds is 1. The Kier molecular flexibility index (Phi) is 3.06. The lowest BCUT2D eigenvalue weighted by Gasteiger charge is -2.37. The summed E-state index contributed by atoms with van der Waals surface area (Å²) in [7, 11) is 0. The minimum atomic E-state index is -1.23. The molecule has 3 aromatic rings. The lowest BCUT2D eigenvalue weighted by molar-refractivity contribution is 0.0223. The molecule has 5 rings (SSSR count). The molecule has 1 spiro atoms. The lowest BCUT2D eigenvalue weighted by atomic mass is 9.77. The predicted molar refractivity (Wildman–Crippen MR) is 95.9 cm³/mol. The van der Waals surface area contributed by atoms with Gasteiger partial charge in [-0.1, -0.05) is 18.2 Å². The van der Waals surface area contributed by atoms with Crippen molar-refractivity contribution < 1.29 is 24.5 Å². The van der Waals surface area contributed by atoms with E-state index in [9.17, 15) is 15.0 Å². The average molecular weight is 361 g/mol. The molecule has 0 radical (unpaired) electrons. The van der Waals surface area contributed by atoms with E-state index in [2.05, 4.69) is 0 Å². The van der Waals surface area contributed by atoms with Crippen LogP contribution in [0.4, 0.5) is 0 Å². The Labute approximate surface area is 154 Å². The minimum Gasteiger partial charge on any atom is -0.508 e. The molecule has 2 heterocycles. The first-order valence-corrected chi connectivity index (χ1v) is 8.46. The average Bonchev–Trinajstić information content (AvgIpc) is 2.95. The Bertz CT molecular complexity index is 1120. The number of phenols is 2. The second-order valence-corrected chi connectivity index (χ2v) is 6.54. The maximum Gasteiger partial charge on any atom is 0.340 e. The molecule has 0 bridgehead atoms. The van der Waals surface area contributed by atoms with Crippen molar-refractivity contribution in [1.82, 2.24) is 0 Å². The van der Waals surface area contributed by atoms with E-state index in [-0.39, 0.29) is 18.0 Å². The maximum atomic E-state index is 12.7. The van der Waals surface area contributed by atoms with Crippen LogP contribution in [0.1, 0.15) is 32.6 Å². The van der Waals surface area contributed by atoms with Crippen molar-refractivity contribution in [2.45, 2.75) is 12.1 Å². The van der Waals surface area contributed by atoms with Gasteiger partial charge in [-0.05, 0) is 30.3 Å². The third-order valence-electron chi connectivity index (χ3n) is 5.15. The molecule has 1 atom stereocenters. The molecule has 6 heteroatoms. The summed E-state index contributed by atoms with van der Waals surface area (Å²) in [5, 5.41) is 20.2. The summed E-state index contributed by atoms with van der Waals surface area (Å²) in [4.78, 5) is 12.7. The topological polar surface area (TPSA) is 102 Å². The van der Waals surface area contributed by atoms with Gasteiger partial charge in [0.05, 0.1) is 11.1 Å².